The van der Waals surface area contributed by atoms with E-state index in [0.717, 1.165) is 0 Å². The molecule has 0 atom stereocenters. The van der Waals surface area contributed by atoms with Crippen LogP contribution in [0.4, 0.5) is 0 Å². The van der Waals surface area contributed by atoms with Crippen molar-refractivity contribution < 1.29 is 15.4 Å². The average Bonchev–Trinajstić information content (AvgIpc) is 2.03. The number of hydrogen-bond acceptors (Lipinski definition) is 0. The van der Waals surface area contributed by atoms with Crippen molar-refractivity contribution in [2.24, 2.45) is 0 Å². The quantitative estimate of drug-likeness (QED) is 0.542. The summed E-state index contributed by atoms with van der Waals surface area (Å²) in [5, 5.41) is 0. The zero-order valence-electron chi connectivity index (χ0n) is 9.29. The van der Waals surface area contributed by atoms with Gasteiger partial charge in [0.25, 0.3) is 0 Å². The van der Waals surface area contributed by atoms with Crippen LogP contribution in [0.15, 0.2) is 18.2 Å². The summed E-state index contributed by atoms with van der Waals surface area (Å²) >= 11 is -0.639. The molecular weight excluding hydrogens is 407 g/mol. The van der Waals surface area contributed by atoms with Crippen molar-refractivity contribution in [3.63, 3.8) is 0 Å². The van der Waals surface area contributed by atoms with Gasteiger partial charge in [-0.3, -0.25) is 0 Å². The summed E-state index contributed by atoms with van der Waals surface area (Å²) in [5.41, 5.74) is 4.06. The van der Waals surface area contributed by atoms with Gasteiger partial charge in [-0.1, -0.05) is 34.9 Å². The molecule has 0 heterocycles. The Kier molecular flexibility index (Phi) is 13.9. The fraction of sp³-hybridized carbons (Fsp3) is 0.364. The topological polar surface area (TPSA) is 4.36 Å². The van der Waals surface area contributed by atoms with Crippen LogP contribution in [-0.4, -0.2) is 7.05 Å². The first-order chi connectivity index (χ1) is 7.01. The van der Waals surface area contributed by atoms with E-state index >= 15 is 0 Å². The predicted molar refractivity (Wildman–Crippen MR) is 64.9 cm³/mol. The Morgan fingerprint density at radius 3 is 1.27 bits per heavy atom. The SMILES string of the molecule is Cc1cc(C)cc(C)c1.[C-]#[N+]C.[Cl][Os][Cl]. The van der Waals surface area contributed by atoms with Crippen LogP contribution >= 0.6 is 19.3 Å². The molecule has 0 radical (unpaired) electrons. The minimum absolute atomic E-state index is 0.639. The maximum atomic E-state index is 5.83. The van der Waals surface area contributed by atoms with Crippen molar-refractivity contribution in [1.82, 2.24) is 0 Å². The Bertz CT molecular complexity index is 257. The van der Waals surface area contributed by atoms with E-state index in [9.17, 15) is 0 Å². The van der Waals surface area contributed by atoms with Crippen molar-refractivity contribution in [2.75, 3.05) is 7.05 Å². The third-order valence-corrected chi connectivity index (χ3v) is 1.37. The van der Waals surface area contributed by atoms with Crippen LogP contribution in [0.2, 0.25) is 0 Å². The Morgan fingerprint density at radius 2 is 1.13 bits per heavy atom. The molecule has 0 saturated heterocycles. The first kappa shape index (κ1) is 17.3. The summed E-state index contributed by atoms with van der Waals surface area (Å²) in [6, 6.07) is 6.56. The van der Waals surface area contributed by atoms with Gasteiger partial charge in [0.15, 0.2) is 0 Å². The normalized spacial score (nSPS) is 7.80. The fourth-order valence-electron chi connectivity index (χ4n) is 1.20. The maximum absolute atomic E-state index is 5.83. The standard InChI is InChI=1S/C9H12.C2H3N.2ClH.Os/c1-7-4-8(2)6-9(3)5-7;1-3-2;;;/h4-6H,1-3H3;1H3;2*1H;/q;;;;+2/p-2. The first-order valence-electron chi connectivity index (χ1n) is 4.17. The number of hydrogen-bond donors (Lipinski definition) is 0. The van der Waals surface area contributed by atoms with Gasteiger partial charge in [0.2, 0.25) is 7.05 Å². The average molecular weight is 422 g/mol. The number of benzene rings is 1. The van der Waals surface area contributed by atoms with Crippen LogP contribution in [-0.2, 0) is 15.4 Å². The van der Waals surface area contributed by atoms with Gasteiger partial charge >= 0.3 is 34.7 Å². The molecule has 0 saturated carbocycles. The molecule has 1 rings (SSSR count). The van der Waals surface area contributed by atoms with Gasteiger partial charge in [-0.15, -0.1) is 0 Å². The van der Waals surface area contributed by atoms with E-state index in [1.54, 1.807) is 0 Å². The molecule has 1 nitrogen and oxygen atoms in total. The number of rotatable bonds is 0. The summed E-state index contributed by atoms with van der Waals surface area (Å²) in [4.78, 5) is 2.75. The third-order valence-electron chi connectivity index (χ3n) is 1.37. The molecular formula is C11H15Cl2NOs. The Labute approximate surface area is 108 Å². The molecule has 0 fully saturated rings. The molecule has 0 amide bonds. The van der Waals surface area contributed by atoms with Gasteiger partial charge in [0, 0.05) is 0 Å². The second-order valence-electron chi connectivity index (χ2n) is 2.94. The van der Waals surface area contributed by atoms with Gasteiger partial charge in [-0.2, -0.15) is 0 Å². The molecule has 1 aromatic carbocycles. The van der Waals surface area contributed by atoms with Crippen LogP contribution in [0, 0.1) is 27.3 Å². The van der Waals surface area contributed by atoms with E-state index in [2.05, 4.69) is 43.8 Å². The summed E-state index contributed by atoms with van der Waals surface area (Å²) in [6.07, 6.45) is 0. The van der Waals surface area contributed by atoms with Crippen LogP contribution in [0.1, 0.15) is 16.7 Å². The second kappa shape index (κ2) is 12.0. The van der Waals surface area contributed by atoms with Gasteiger partial charge < -0.3 is 4.85 Å². The van der Waals surface area contributed by atoms with Crippen LogP contribution < -0.4 is 0 Å². The van der Waals surface area contributed by atoms with E-state index in [1.165, 1.54) is 23.7 Å². The summed E-state index contributed by atoms with van der Waals surface area (Å²) in [6.45, 7) is 12.2. The van der Waals surface area contributed by atoms with Crippen LogP contribution in [0.5, 0.6) is 0 Å². The molecule has 0 N–H and O–H groups in total. The van der Waals surface area contributed by atoms with E-state index in [-0.39, 0.29) is 0 Å². The van der Waals surface area contributed by atoms with Gasteiger partial charge in [0.1, 0.15) is 0 Å². The van der Waals surface area contributed by atoms with Gasteiger partial charge in [-0.25, -0.2) is 6.57 Å². The molecule has 0 aliphatic heterocycles. The molecule has 4 heteroatoms. The predicted octanol–water partition coefficient (Wildman–Crippen LogP) is 4.52. The van der Waals surface area contributed by atoms with Crippen molar-refractivity contribution in [3.8, 4) is 0 Å². The van der Waals surface area contributed by atoms with Crippen LogP contribution in [0.25, 0.3) is 4.85 Å². The van der Waals surface area contributed by atoms with Gasteiger partial charge in [-0.05, 0) is 20.8 Å². The molecule has 0 unspecified atom stereocenters. The van der Waals surface area contributed by atoms with E-state index in [1.807, 2.05) is 0 Å². The summed E-state index contributed by atoms with van der Waals surface area (Å²) in [7, 11) is 11.2. The number of halogens is 2. The molecule has 86 valence electrons. The summed E-state index contributed by atoms with van der Waals surface area (Å²) in [5.74, 6) is 0. The van der Waals surface area contributed by atoms with Crippen molar-refractivity contribution in [2.45, 2.75) is 20.8 Å². The Morgan fingerprint density at radius 1 is 1.00 bits per heavy atom. The van der Waals surface area contributed by atoms with Crippen LogP contribution in [0.3, 0.4) is 0 Å². The van der Waals surface area contributed by atoms with E-state index in [4.69, 9.17) is 25.8 Å². The first-order valence-corrected chi connectivity index (χ1v) is 10.5. The summed E-state index contributed by atoms with van der Waals surface area (Å²) < 4.78 is 0. The molecule has 0 aromatic heterocycles. The van der Waals surface area contributed by atoms with Crippen molar-refractivity contribution in [1.29, 1.82) is 0 Å². The van der Waals surface area contributed by atoms with Gasteiger partial charge in [0.05, 0.1) is 0 Å². The molecule has 0 aliphatic carbocycles. The van der Waals surface area contributed by atoms with E-state index < -0.39 is 15.4 Å². The fourth-order valence-corrected chi connectivity index (χ4v) is 1.20. The molecule has 0 aliphatic rings. The monoisotopic (exact) mass is 423 g/mol. The van der Waals surface area contributed by atoms with E-state index in [0.29, 0.717) is 0 Å². The number of nitrogens with zero attached hydrogens (tertiary/aromatic N) is 1. The molecule has 15 heavy (non-hydrogen) atoms. The zero-order chi connectivity index (χ0) is 12.3. The minimum atomic E-state index is -0.639. The molecule has 1 aromatic rings. The molecule has 0 bridgehead atoms. The number of aryl methyl sites for hydroxylation is 3. The third kappa shape index (κ3) is 13.9. The van der Waals surface area contributed by atoms with Crippen molar-refractivity contribution >= 4 is 19.3 Å². The van der Waals surface area contributed by atoms with Crippen molar-refractivity contribution in [3.05, 3.63) is 46.3 Å². The Balaban J connectivity index is 0. The molecule has 0 spiro atoms. The Hall–Kier alpha value is -0.0736. The zero-order valence-corrected chi connectivity index (χ0v) is 13.3. The second-order valence-corrected chi connectivity index (χ2v) is 6.61.